The zero-order valence-electron chi connectivity index (χ0n) is 27.2. The zero-order valence-corrected chi connectivity index (χ0v) is 28.0. The van der Waals surface area contributed by atoms with E-state index in [1.807, 2.05) is 19.9 Å². The molecule has 1 aromatic carbocycles. The fourth-order valence-corrected chi connectivity index (χ4v) is 6.56. The molecule has 0 radical (unpaired) electrons. The minimum absolute atomic E-state index is 0.0425. The molecule has 46 heavy (non-hydrogen) atoms. The monoisotopic (exact) mass is 660 g/mol. The number of hydrogen-bond acceptors (Lipinski definition) is 9. The molecule has 4 rings (SSSR count). The van der Waals surface area contributed by atoms with Gasteiger partial charge in [-0.05, 0) is 56.9 Å². The smallest absolute Gasteiger partial charge is 0.306 e. The van der Waals surface area contributed by atoms with Gasteiger partial charge in [-0.25, -0.2) is 22.4 Å². The summed E-state index contributed by atoms with van der Waals surface area (Å²) in [6, 6.07) is 8.29. The van der Waals surface area contributed by atoms with Crippen LogP contribution < -0.4 is 4.31 Å². The second-order valence-corrected chi connectivity index (χ2v) is 12.8. The molecule has 14 heteroatoms. The van der Waals surface area contributed by atoms with Gasteiger partial charge in [-0.1, -0.05) is 43.6 Å². The van der Waals surface area contributed by atoms with Gasteiger partial charge in [0.25, 0.3) is 10.0 Å². The van der Waals surface area contributed by atoms with E-state index in [1.54, 1.807) is 32.9 Å². The Bertz CT molecular complexity index is 1720. The molecule has 0 unspecified atom stereocenters. The lowest BCUT2D eigenvalue weighted by Gasteiger charge is -2.23. The van der Waals surface area contributed by atoms with Gasteiger partial charge in [0.2, 0.25) is 5.88 Å². The number of halogens is 2. The van der Waals surface area contributed by atoms with Crippen LogP contribution in [0.15, 0.2) is 45.9 Å². The van der Waals surface area contributed by atoms with Gasteiger partial charge in [-0.15, -0.1) is 0 Å². The van der Waals surface area contributed by atoms with Crippen LogP contribution in [0, 0.1) is 13.8 Å². The topological polar surface area (TPSA) is 125 Å². The van der Waals surface area contributed by atoms with Crippen LogP contribution in [0.2, 0.25) is 0 Å². The maximum absolute atomic E-state index is 15.2. The van der Waals surface area contributed by atoms with E-state index >= 15 is 8.78 Å². The molecule has 250 valence electrons. The minimum atomic E-state index is -4.27. The maximum atomic E-state index is 15.2. The van der Waals surface area contributed by atoms with Crippen molar-refractivity contribution in [1.82, 2.24) is 24.9 Å². The van der Waals surface area contributed by atoms with Gasteiger partial charge < -0.3 is 14.0 Å². The molecule has 0 fully saturated rings. The summed E-state index contributed by atoms with van der Waals surface area (Å²) in [6.45, 7) is 9.28. The van der Waals surface area contributed by atoms with Crippen LogP contribution in [-0.4, -0.2) is 53.8 Å². The largest absolute Gasteiger partial charge is 0.377 e. The highest BCUT2D eigenvalue weighted by Gasteiger charge is 2.37. The molecule has 0 saturated carbocycles. The summed E-state index contributed by atoms with van der Waals surface area (Å²) in [5.74, 6) is -3.06. The normalized spacial score (nSPS) is 12.2. The van der Waals surface area contributed by atoms with Crippen molar-refractivity contribution in [2.45, 2.75) is 90.7 Å². The molecular weight excluding hydrogens is 618 g/mol. The second-order valence-electron chi connectivity index (χ2n) is 11.0. The summed E-state index contributed by atoms with van der Waals surface area (Å²) >= 11 is 0. The molecule has 0 amide bonds. The zero-order chi connectivity index (χ0) is 33.5. The Morgan fingerprint density at radius 3 is 2.54 bits per heavy atom. The third-order valence-corrected chi connectivity index (χ3v) is 9.26. The fraction of sp³-hybridized carbons (Fsp3) is 0.500. The van der Waals surface area contributed by atoms with Crippen molar-refractivity contribution in [3.63, 3.8) is 0 Å². The number of benzene rings is 1. The lowest BCUT2D eigenvalue weighted by Crippen LogP contribution is -2.33. The molecule has 11 nitrogen and oxygen atoms in total. The Balaban J connectivity index is 1.79. The molecule has 4 aromatic rings. The van der Waals surface area contributed by atoms with Crippen LogP contribution >= 0.6 is 0 Å². The number of hydrogen-bond donors (Lipinski definition) is 0. The molecule has 0 aliphatic heterocycles. The summed E-state index contributed by atoms with van der Waals surface area (Å²) < 4.78 is 77.4. The number of aromatic nitrogens is 5. The first kappa shape index (κ1) is 35.1. The van der Waals surface area contributed by atoms with Gasteiger partial charge in [-0.3, -0.25) is 4.98 Å². The SMILES string of the molecule is CCCCc1nc(C(F)(F)CCC)n(Cc2ccc(-c3ncccc3S(=O)(=O)N(COC)c3onc(C)c3C)c(COCC)c2)n1. The first-order chi connectivity index (χ1) is 22.0. The van der Waals surface area contributed by atoms with Crippen LogP contribution in [0.25, 0.3) is 11.3 Å². The number of alkyl halides is 2. The predicted octanol–water partition coefficient (Wildman–Crippen LogP) is 6.56. The number of aryl methyl sites for hydroxylation is 2. The van der Waals surface area contributed by atoms with E-state index in [0.717, 1.165) is 17.1 Å². The van der Waals surface area contributed by atoms with Crippen molar-refractivity contribution < 1.29 is 31.2 Å². The Labute approximate surface area is 269 Å². The molecule has 0 atom stereocenters. The Kier molecular flexibility index (Phi) is 11.6. The molecule has 3 heterocycles. The molecule has 3 aromatic heterocycles. The van der Waals surface area contributed by atoms with Crippen LogP contribution in [-0.2, 0) is 45.0 Å². The maximum Gasteiger partial charge on any atom is 0.306 e. The Morgan fingerprint density at radius 1 is 1.11 bits per heavy atom. The van der Waals surface area contributed by atoms with Crippen molar-refractivity contribution in [2.24, 2.45) is 0 Å². The van der Waals surface area contributed by atoms with Crippen molar-refractivity contribution in [2.75, 3.05) is 24.8 Å². The van der Waals surface area contributed by atoms with Crippen molar-refractivity contribution in [1.29, 1.82) is 0 Å². The minimum Gasteiger partial charge on any atom is -0.377 e. The Morgan fingerprint density at radius 2 is 1.89 bits per heavy atom. The highest BCUT2D eigenvalue weighted by atomic mass is 32.2. The van der Waals surface area contributed by atoms with Crippen LogP contribution in [0.1, 0.15) is 80.5 Å². The first-order valence-corrected chi connectivity index (χ1v) is 16.8. The molecule has 0 aliphatic carbocycles. The third-order valence-electron chi connectivity index (χ3n) is 7.52. The number of pyridine rings is 1. The molecule has 0 bridgehead atoms. The summed E-state index contributed by atoms with van der Waals surface area (Å²) in [5, 5.41) is 8.38. The second kappa shape index (κ2) is 15.2. The number of nitrogens with zero attached hydrogens (tertiary/aromatic N) is 6. The van der Waals surface area contributed by atoms with E-state index in [1.165, 1.54) is 30.1 Å². The lowest BCUT2D eigenvalue weighted by molar-refractivity contribution is -0.0270. The van der Waals surface area contributed by atoms with Crippen LogP contribution in [0.5, 0.6) is 0 Å². The van der Waals surface area contributed by atoms with Gasteiger partial charge in [0.05, 0.1) is 24.5 Å². The number of anilines is 1. The van der Waals surface area contributed by atoms with E-state index in [2.05, 4.69) is 20.2 Å². The van der Waals surface area contributed by atoms with Crippen LogP contribution in [0.3, 0.4) is 0 Å². The highest BCUT2D eigenvalue weighted by Crippen LogP contribution is 2.36. The van der Waals surface area contributed by atoms with Gasteiger partial charge in [-0.2, -0.15) is 13.9 Å². The van der Waals surface area contributed by atoms with E-state index < -0.39 is 15.9 Å². The van der Waals surface area contributed by atoms with Crippen molar-refractivity contribution in [3.05, 3.63) is 70.6 Å². The average Bonchev–Trinajstić information content (AvgIpc) is 3.60. The third kappa shape index (κ3) is 7.61. The van der Waals surface area contributed by atoms with E-state index in [-0.39, 0.29) is 48.6 Å². The van der Waals surface area contributed by atoms with Crippen molar-refractivity contribution >= 4 is 15.9 Å². The standard InChI is InChI=1S/C32H42F2N6O5S/c1-7-10-13-28-36-31(32(33,34)16-8-2)39(37-28)19-24-14-15-26(25(18-24)20-44-9-3)29-27(12-11-17-35-29)46(41,42)40(21-43-6)30-22(4)23(5)38-45-30/h11-12,14-15,17-18H,7-10,13,16,19-21H2,1-6H3. The summed E-state index contributed by atoms with van der Waals surface area (Å²) in [5.41, 5.74) is 3.12. The van der Waals surface area contributed by atoms with Gasteiger partial charge >= 0.3 is 5.92 Å². The average molecular weight is 661 g/mol. The molecule has 0 saturated heterocycles. The van der Waals surface area contributed by atoms with E-state index in [0.29, 0.717) is 53.2 Å². The quantitative estimate of drug-likeness (QED) is 0.116. The summed E-state index contributed by atoms with van der Waals surface area (Å²) in [6.07, 6.45) is 3.66. The van der Waals surface area contributed by atoms with Crippen molar-refractivity contribution in [3.8, 4) is 11.3 Å². The van der Waals surface area contributed by atoms with E-state index in [4.69, 9.17) is 14.0 Å². The molecule has 0 aliphatic rings. The van der Waals surface area contributed by atoms with Crippen LogP contribution in [0.4, 0.5) is 14.7 Å². The number of ether oxygens (including phenoxy) is 2. The highest BCUT2D eigenvalue weighted by molar-refractivity contribution is 7.93. The Hall–Kier alpha value is -3.75. The van der Waals surface area contributed by atoms with Gasteiger partial charge in [0.1, 0.15) is 11.6 Å². The van der Waals surface area contributed by atoms with Gasteiger partial charge in [0.15, 0.2) is 11.6 Å². The lowest BCUT2D eigenvalue weighted by atomic mass is 10.0. The molecule has 0 N–H and O–H groups in total. The number of unbranched alkanes of at least 4 members (excludes halogenated alkanes) is 1. The number of methoxy groups -OCH3 is 1. The first-order valence-electron chi connectivity index (χ1n) is 15.4. The summed E-state index contributed by atoms with van der Waals surface area (Å²) in [7, 11) is -2.88. The fourth-order valence-electron chi connectivity index (χ4n) is 5.03. The molecular formula is C32H42F2N6O5S. The van der Waals surface area contributed by atoms with Gasteiger partial charge in [0, 0.05) is 43.9 Å². The van der Waals surface area contributed by atoms with E-state index in [9.17, 15) is 8.42 Å². The summed E-state index contributed by atoms with van der Waals surface area (Å²) in [4.78, 5) is 8.65. The number of sulfonamides is 1. The molecule has 0 spiro atoms. The predicted molar refractivity (Wildman–Crippen MR) is 169 cm³/mol. The number of rotatable bonds is 17.